The van der Waals surface area contributed by atoms with Crippen LogP contribution in [-0.2, 0) is 16.9 Å². The Kier molecular flexibility index (Phi) is 4.93. The third-order valence-corrected chi connectivity index (χ3v) is 4.05. The van der Waals surface area contributed by atoms with Crippen LogP contribution in [0.15, 0.2) is 4.52 Å². The number of hydrogen-bond donors (Lipinski definition) is 1. The molecule has 5 nitrogen and oxygen atoms in total. The van der Waals surface area contributed by atoms with Gasteiger partial charge in [0.15, 0.2) is 5.82 Å². The molecule has 0 atom stereocenters. The normalized spacial score (nSPS) is 27.6. The minimum Gasteiger partial charge on any atom is -0.373 e. The summed E-state index contributed by atoms with van der Waals surface area (Å²) in [5.74, 6) is 1.98. The lowest BCUT2D eigenvalue weighted by molar-refractivity contribution is 0.114. The third-order valence-electron chi connectivity index (χ3n) is 4.05. The predicted molar refractivity (Wildman–Crippen MR) is 72.4 cm³/mol. The molecule has 5 heteroatoms. The van der Waals surface area contributed by atoms with Gasteiger partial charge in [-0.05, 0) is 38.0 Å². The first-order valence-corrected chi connectivity index (χ1v) is 7.37. The molecule has 0 bridgehead atoms. The van der Waals surface area contributed by atoms with Crippen molar-refractivity contribution < 1.29 is 9.26 Å². The average molecular weight is 267 g/mol. The van der Waals surface area contributed by atoms with E-state index in [0.717, 1.165) is 44.6 Å². The number of nitrogens with zero attached hydrogens (tertiary/aromatic N) is 2. The van der Waals surface area contributed by atoms with E-state index in [1.807, 2.05) is 0 Å². The van der Waals surface area contributed by atoms with Crippen molar-refractivity contribution in [3.05, 3.63) is 11.7 Å². The SMILES string of the molecule is CCCOCc1noc(C2(N)CCC(CC)CC2)n1. The Balaban J connectivity index is 1.94. The highest BCUT2D eigenvalue weighted by Gasteiger charge is 2.37. The van der Waals surface area contributed by atoms with Gasteiger partial charge in [-0.2, -0.15) is 4.98 Å². The highest BCUT2D eigenvalue weighted by Crippen LogP contribution is 2.37. The molecular weight excluding hydrogens is 242 g/mol. The van der Waals surface area contributed by atoms with E-state index < -0.39 is 5.54 Å². The van der Waals surface area contributed by atoms with E-state index in [9.17, 15) is 0 Å². The molecule has 1 fully saturated rings. The van der Waals surface area contributed by atoms with Gasteiger partial charge in [0.1, 0.15) is 6.61 Å². The third kappa shape index (κ3) is 3.54. The number of nitrogens with two attached hydrogens (primary N) is 1. The first kappa shape index (κ1) is 14.5. The fraction of sp³-hybridized carbons (Fsp3) is 0.857. The van der Waals surface area contributed by atoms with Crippen LogP contribution in [0.4, 0.5) is 0 Å². The van der Waals surface area contributed by atoms with Crippen LogP contribution < -0.4 is 5.73 Å². The van der Waals surface area contributed by atoms with Crippen LogP contribution >= 0.6 is 0 Å². The van der Waals surface area contributed by atoms with Crippen molar-refractivity contribution in [2.24, 2.45) is 11.7 Å². The van der Waals surface area contributed by atoms with E-state index in [2.05, 4.69) is 24.0 Å². The predicted octanol–water partition coefficient (Wildman–Crippen LogP) is 2.75. The van der Waals surface area contributed by atoms with E-state index >= 15 is 0 Å². The lowest BCUT2D eigenvalue weighted by atomic mass is 9.76. The first-order valence-electron chi connectivity index (χ1n) is 7.37. The minimum atomic E-state index is -0.429. The summed E-state index contributed by atoms with van der Waals surface area (Å²) in [6.45, 7) is 5.44. The second kappa shape index (κ2) is 6.48. The largest absolute Gasteiger partial charge is 0.373 e. The quantitative estimate of drug-likeness (QED) is 0.802. The van der Waals surface area contributed by atoms with Gasteiger partial charge in [0, 0.05) is 6.61 Å². The molecule has 2 N–H and O–H groups in total. The second-order valence-electron chi connectivity index (χ2n) is 5.58. The van der Waals surface area contributed by atoms with Gasteiger partial charge in [0.05, 0.1) is 5.54 Å². The minimum absolute atomic E-state index is 0.408. The van der Waals surface area contributed by atoms with Crippen LogP contribution in [0.5, 0.6) is 0 Å². The summed E-state index contributed by atoms with van der Waals surface area (Å²) in [7, 11) is 0. The molecule has 108 valence electrons. The highest BCUT2D eigenvalue weighted by atomic mass is 16.5. The Morgan fingerprint density at radius 2 is 2.11 bits per heavy atom. The molecular formula is C14H25N3O2. The van der Waals surface area contributed by atoms with Crippen molar-refractivity contribution in [2.45, 2.75) is 64.5 Å². The number of aromatic nitrogens is 2. The van der Waals surface area contributed by atoms with Gasteiger partial charge in [-0.25, -0.2) is 0 Å². The Hall–Kier alpha value is -0.940. The maximum Gasteiger partial charge on any atom is 0.246 e. The van der Waals surface area contributed by atoms with Crippen molar-refractivity contribution in [3.63, 3.8) is 0 Å². The van der Waals surface area contributed by atoms with E-state index in [4.69, 9.17) is 15.0 Å². The summed E-state index contributed by atoms with van der Waals surface area (Å²) in [6.07, 6.45) is 6.39. The summed E-state index contributed by atoms with van der Waals surface area (Å²) in [5, 5.41) is 3.96. The zero-order valence-electron chi connectivity index (χ0n) is 12.0. The van der Waals surface area contributed by atoms with Crippen LogP contribution in [0, 0.1) is 5.92 Å². The van der Waals surface area contributed by atoms with Crippen molar-refractivity contribution in [1.29, 1.82) is 0 Å². The molecule has 0 saturated heterocycles. The molecule has 1 aliphatic carbocycles. The van der Waals surface area contributed by atoms with E-state index in [1.54, 1.807) is 0 Å². The topological polar surface area (TPSA) is 74.2 Å². The van der Waals surface area contributed by atoms with Crippen LogP contribution in [0.25, 0.3) is 0 Å². The van der Waals surface area contributed by atoms with Crippen LogP contribution in [0.2, 0.25) is 0 Å². The molecule has 0 amide bonds. The van der Waals surface area contributed by atoms with Crippen molar-refractivity contribution in [1.82, 2.24) is 10.1 Å². The molecule has 0 unspecified atom stereocenters. The molecule has 1 aliphatic rings. The number of rotatable bonds is 6. The zero-order chi connectivity index (χ0) is 13.7. The second-order valence-corrected chi connectivity index (χ2v) is 5.58. The summed E-state index contributed by atoms with van der Waals surface area (Å²) in [6, 6.07) is 0. The van der Waals surface area contributed by atoms with Gasteiger partial charge in [-0.3, -0.25) is 0 Å². The van der Waals surface area contributed by atoms with E-state index in [0.29, 0.717) is 18.3 Å². The van der Waals surface area contributed by atoms with Crippen LogP contribution in [-0.4, -0.2) is 16.7 Å². The number of ether oxygens (including phenoxy) is 1. The lowest BCUT2D eigenvalue weighted by Crippen LogP contribution is -2.40. The van der Waals surface area contributed by atoms with E-state index in [-0.39, 0.29) is 0 Å². The Morgan fingerprint density at radius 3 is 2.74 bits per heavy atom. The van der Waals surface area contributed by atoms with Gasteiger partial charge >= 0.3 is 0 Å². The maximum atomic E-state index is 6.43. The zero-order valence-corrected chi connectivity index (χ0v) is 12.0. The fourth-order valence-corrected chi connectivity index (χ4v) is 2.64. The summed E-state index contributed by atoms with van der Waals surface area (Å²) in [5.41, 5.74) is 6.00. The molecule has 1 heterocycles. The highest BCUT2D eigenvalue weighted by molar-refractivity contribution is 5.04. The van der Waals surface area contributed by atoms with Crippen LogP contribution in [0.1, 0.15) is 64.1 Å². The van der Waals surface area contributed by atoms with Gasteiger partial charge < -0.3 is 15.0 Å². The molecule has 0 radical (unpaired) electrons. The maximum absolute atomic E-state index is 6.43. The van der Waals surface area contributed by atoms with Crippen LogP contribution in [0.3, 0.4) is 0 Å². The van der Waals surface area contributed by atoms with Crippen molar-refractivity contribution in [3.8, 4) is 0 Å². The average Bonchev–Trinajstić information content (AvgIpc) is 2.90. The Morgan fingerprint density at radius 1 is 1.37 bits per heavy atom. The first-order chi connectivity index (χ1) is 9.18. The molecule has 1 aromatic rings. The van der Waals surface area contributed by atoms with Gasteiger partial charge in [0.25, 0.3) is 0 Å². The van der Waals surface area contributed by atoms with E-state index in [1.165, 1.54) is 6.42 Å². The van der Waals surface area contributed by atoms with Crippen molar-refractivity contribution >= 4 is 0 Å². The Bertz CT molecular complexity index is 384. The smallest absolute Gasteiger partial charge is 0.246 e. The van der Waals surface area contributed by atoms with Gasteiger partial charge in [-0.15, -0.1) is 0 Å². The summed E-state index contributed by atoms with van der Waals surface area (Å²) < 4.78 is 10.8. The van der Waals surface area contributed by atoms with Gasteiger partial charge in [-0.1, -0.05) is 25.4 Å². The van der Waals surface area contributed by atoms with Gasteiger partial charge in [0.2, 0.25) is 5.89 Å². The standard InChI is InChI=1S/C14H25N3O2/c1-3-9-18-10-12-16-13(19-17-12)14(15)7-5-11(4-2)6-8-14/h11H,3-10,15H2,1-2H3. The Labute approximate surface area is 114 Å². The van der Waals surface area contributed by atoms with Crippen molar-refractivity contribution in [2.75, 3.05) is 6.61 Å². The molecule has 1 aromatic heterocycles. The molecule has 0 spiro atoms. The number of hydrogen-bond acceptors (Lipinski definition) is 5. The molecule has 1 saturated carbocycles. The molecule has 2 rings (SSSR count). The fourth-order valence-electron chi connectivity index (χ4n) is 2.64. The molecule has 0 aliphatic heterocycles. The lowest BCUT2D eigenvalue weighted by Gasteiger charge is -2.33. The monoisotopic (exact) mass is 267 g/mol. The molecule has 0 aromatic carbocycles. The summed E-state index contributed by atoms with van der Waals surface area (Å²) >= 11 is 0. The molecule has 19 heavy (non-hydrogen) atoms. The summed E-state index contributed by atoms with van der Waals surface area (Å²) in [4.78, 5) is 4.40.